The van der Waals surface area contributed by atoms with Crippen LogP contribution in [0.3, 0.4) is 0 Å². The van der Waals surface area contributed by atoms with Gasteiger partial charge in [-0.05, 0) is 49.9 Å². The summed E-state index contributed by atoms with van der Waals surface area (Å²) in [5.74, 6) is 1.68. The molecule has 0 aromatic carbocycles. The second kappa shape index (κ2) is 12.2. The van der Waals surface area contributed by atoms with Crippen LogP contribution >= 0.6 is 11.6 Å². The molecule has 0 radical (unpaired) electrons. The topological polar surface area (TPSA) is 92.0 Å². The summed E-state index contributed by atoms with van der Waals surface area (Å²) in [4.78, 5) is 22.5. The van der Waals surface area contributed by atoms with Gasteiger partial charge >= 0.3 is 6.09 Å². The Morgan fingerprint density at radius 1 is 1.32 bits per heavy atom. The highest BCUT2D eigenvalue weighted by molar-refractivity contribution is 6.29. The molecule has 0 unspecified atom stereocenters. The lowest BCUT2D eigenvalue weighted by Crippen LogP contribution is -2.50. The van der Waals surface area contributed by atoms with E-state index >= 15 is 0 Å². The molecule has 2 aromatic rings. The van der Waals surface area contributed by atoms with E-state index in [1.165, 1.54) is 0 Å². The molecule has 1 amide bonds. The van der Waals surface area contributed by atoms with E-state index in [9.17, 15) is 4.79 Å². The predicted octanol–water partition coefficient (Wildman–Crippen LogP) is 3.27. The smallest absolute Gasteiger partial charge is 0.409 e. The van der Waals surface area contributed by atoms with E-state index < -0.39 is 0 Å². The summed E-state index contributed by atoms with van der Waals surface area (Å²) >= 11 is 5.86. The zero-order valence-electron chi connectivity index (χ0n) is 17.8. The Labute approximate surface area is 188 Å². The van der Waals surface area contributed by atoms with Crippen LogP contribution in [0.5, 0.6) is 0 Å². The normalized spacial score (nSPS) is 15.0. The van der Waals surface area contributed by atoms with Crippen molar-refractivity contribution in [3.63, 3.8) is 0 Å². The second-order valence-corrected chi connectivity index (χ2v) is 7.72. The molecule has 3 heterocycles. The Kier molecular flexibility index (Phi) is 9.02. The molecule has 0 bridgehead atoms. The maximum atomic E-state index is 11.9. The number of hydrogen-bond donors (Lipinski definition) is 2. The number of carbonyl (C=O) groups excluding carboxylic acids is 1. The van der Waals surface area contributed by atoms with Crippen LogP contribution in [0.1, 0.15) is 31.1 Å². The van der Waals surface area contributed by atoms with E-state index in [0.29, 0.717) is 31.4 Å². The summed E-state index contributed by atoms with van der Waals surface area (Å²) in [5, 5.41) is 7.42. The number of nitrogens with one attached hydrogen (secondary N) is 2. The summed E-state index contributed by atoms with van der Waals surface area (Å²) in [7, 11) is 0. The lowest BCUT2D eigenvalue weighted by molar-refractivity contribution is 0.0963. The van der Waals surface area contributed by atoms with E-state index in [2.05, 4.69) is 15.6 Å². The zero-order valence-corrected chi connectivity index (χ0v) is 18.6. The number of rotatable bonds is 8. The molecule has 1 saturated heterocycles. The number of halogens is 1. The number of ether oxygens (including phenoxy) is 1. The summed E-state index contributed by atoms with van der Waals surface area (Å²) in [6.45, 7) is 4.91. The van der Waals surface area contributed by atoms with Crippen LogP contribution in [-0.2, 0) is 17.6 Å². The third-order valence-electron chi connectivity index (χ3n) is 5.06. The van der Waals surface area contributed by atoms with Gasteiger partial charge in [0.15, 0.2) is 5.96 Å². The Bertz CT molecular complexity index is 818. The fraction of sp³-hybridized carbons (Fsp3) is 0.500. The highest BCUT2D eigenvalue weighted by Gasteiger charge is 2.24. The van der Waals surface area contributed by atoms with Gasteiger partial charge in [0.2, 0.25) is 0 Å². The van der Waals surface area contributed by atoms with E-state index in [1.807, 2.05) is 25.1 Å². The van der Waals surface area contributed by atoms with Gasteiger partial charge in [0, 0.05) is 44.8 Å². The standard InChI is InChI=1S/C22H30ClN5O3/c1-2-30-22(29)28-13-9-18(10-14-28)27-21(25-12-8-19-4-3-15-31-19)24-11-7-17-5-6-20(23)26-16-17/h3-6,15-16,18H,2,7-14H2,1H3,(H2,24,25,27). The predicted molar refractivity (Wildman–Crippen MR) is 120 cm³/mol. The van der Waals surface area contributed by atoms with Crippen molar-refractivity contribution in [2.24, 2.45) is 4.99 Å². The van der Waals surface area contributed by atoms with Gasteiger partial charge in [-0.3, -0.25) is 4.99 Å². The number of nitrogens with zero attached hydrogens (tertiary/aromatic N) is 3. The van der Waals surface area contributed by atoms with Gasteiger partial charge in [0.25, 0.3) is 0 Å². The van der Waals surface area contributed by atoms with E-state index in [0.717, 1.165) is 49.5 Å². The van der Waals surface area contributed by atoms with Gasteiger partial charge in [-0.25, -0.2) is 9.78 Å². The first-order valence-electron chi connectivity index (χ1n) is 10.7. The van der Waals surface area contributed by atoms with Crippen molar-refractivity contribution in [1.29, 1.82) is 0 Å². The van der Waals surface area contributed by atoms with E-state index in [-0.39, 0.29) is 12.1 Å². The van der Waals surface area contributed by atoms with Gasteiger partial charge in [-0.2, -0.15) is 0 Å². The van der Waals surface area contributed by atoms with Gasteiger partial charge in [0.1, 0.15) is 10.9 Å². The van der Waals surface area contributed by atoms with Crippen molar-refractivity contribution in [2.75, 3.05) is 32.8 Å². The molecule has 0 spiro atoms. The van der Waals surface area contributed by atoms with E-state index in [1.54, 1.807) is 23.4 Å². The summed E-state index contributed by atoms with van der Waals surface area (Å²) in [6.07, 6.45) is 6.47. The van der Waals surface area contributed by atoms with Crippen LogP contribution in [0, 0.1) is 0 Å². The van der Waals surface area contributed by atoms with Crippen LogP contribution in [0.4, 0.5) is 4.79 Å². The number of hydrogen-bond acceptors (Lipinski definition) is 5. The molecule has 9 heteroatoms. The molecule has 1 aliphatic heterocycles. The fourth-order valence-electron chi connectivity index (χ4n) is 3.38. The van der Waals surface area contributed by atoms with Crippen LogP contribution in [0.15, 0.2) is 46.1 Å². The third-order valence-corrected chi connectivity index (χ3v) is 5.29. The number of carbonyl (C=O) groups is 1. The molecule has 2 aromatic heterocycles. The maximum absolute atomic E-state index is 11.9. The molecule has 0 saturated carbocycles. The van der Waals surface area contributed by atoms with Gasteiger partial charge in [-0.15, -0.1) is 0 Å². The molecule has 0 atom stereocenters. The average molecular weight is 448 g/mol. The minimum Gasteiger partial charge on any atom is -0.469 e. The van der Waals surface area contributed by atoms with Crippen molar-refractivity contribution in [2.45, 2.75) is 38.6 Å². The Balaban J connectivity index is 1.51. The Hall–Kier alpha value is -2.74. The fourth-order valence-corrected chi connectivity index (χ4v) is 3.49. The van der Waals surface area contributed by atoms with Crippen molar-refractivity contribution in [3.05, 3.63) is 53.2 Å². The lowest BCUT2D eigenvalue weighted by atomic mass is 10.1. The minimum absolute atomic E-state index is 0.233. The molecule has 31 heavy (non-hydrogen) atoms. The largest absolute Gasteiger partial charge is 0.469 e. The van der Waals surface area contributed by atoms with Crippen LogP contribution < -0.4 is 10.6 Å². The number of likely N-dealkylation sites (tertiary alicyclic amines) is 1. The monoisotopic (exact) mass is 447 g/mol. The maximum Gasteiger partial charge on any atom is 0.409 e. The number of furan rings is 1. The van der Waals surface area contributed by atoms with Crippen molar-refractivity contribution in [3.8, 4) is 0 Å². The second-order valence-electron chi connectivity index (χ2n) is 7.33. The van der Waals surface area contributed by atoms with Crippen molar-refractivity contribution >= 4 is 23.7 Å². The average Bonchev–Trinajstić information content (AvgIpc) is 3.29. The minimum atomic E-state index is -0.233. The number of pyridine rings is 1. The molecule has 3 rings (SSSR count). The Morgan fingerprint density at radius 3 is 2.84 bits per heavy atom. The summed E-state index contributed by atoms with van der Waals surface area (Å²) < 4.78 is 10.5. The van der Waals surface area contributed by atoms with Crippen molar-refractivity contribution in [1.82, 2.24) is 20.5 Å². The quantitative estimate of drug-likeness (QED) is 0.366. The molecule has 168 valence electrons. The van der Waals surface area contributed by atoms with E-state index in [4.69, 9.17) is 25.7 Å². The molecule has 8 nitrogen and oxygen atoms in total. The lowest BCUT2D eigenvalue weighted by Gasteiger charge is -2.32. The molecule has 2 N–H and O–H groups in total. The summed E-state index contributed by atoms with van der Waals surface area (Å²) in [6, 6.07) is 7.86. The number of guanidine groups is 1. The molecular weight excluding hydrogens is 418 g/mol. The molecular formula is C22H30ClN5O3. The number of aromatic nitrogens is 1. The van der Waals surface area contributed by atoms with Gasteiger partial charge in [-0.1, -0.05) is 17.7 Å². The van der Waals surface area contributed by atoms with Gasteiger partial charge in [0.05, 0.1) is 12.9 Å². The molecule has 1 fully saturated rings. The SMILES string of the molecule is CCOC(=O)N1CCC(NC(=NCCc2ccco2)NCCc2ccc(Cl)nc2)CC1. The summed E-state index contributed by atoms with van der Waals surface area (Å²) in [5.41, 5.74) is 1.11. The van der Waals surface area contributed by atoms with Crippen LogP contribution in [0.2, 0.25) is 5.15 Å². The van der Waals surface area contributed by atoms with Crippen LogP contribution in [-0.4, -0.2) is 60.8 Å². The highest BCUT2D eigenvalue weighted by atomic mass is 35.5. The van der Waals surface area contributed by atoms with Crippen molar-refractivity contribution < 1.29 is 13.9 Å². The Morgan fingerprint density at radius 2 is 2.16 bits per heavy atom. The van der Waals surface area contributed by atoms with Crippen LogP contribution in [0.25, 0.3) is 0 Å². The molecule has 1 aliphatic rings. The number of aliphatic imine (C=N–C) groups is 1. The molecule has 0 aliphatic carbocycles. The highest BCUT2D eigenvalue weighted by Crippen LogP contribution is 2.12. The first-order valence-corrected chi connectivity index (χ1v) is 11.1. The first-order chi connectivity index (χ1) is 15.1. The number of piperidine rings is 1. The first kappa shape index (κ1) is 22.9. The third kappa shape index (κ3) is 7.79. The van der Waals surface area contributed by atoms with Gasteiger partial charge < -0.3 is 24.7 Å². The zero-order chi connectivity index (χ0) is 21.9. The number of amides is 1.